The van der Waals surface area contributed by atoms with E-state index in [1.54, 1.807) is 44.4 Å². The standard InChI is InChI=1S/C17H21N5O3/c1-11-10-15(22-17(19-11)18-8-9-25-3)16(24)21-14-6-4-13(5-7-14)20-12(2)23/h4-7,10H,8-9H2,1-3H3,(H,20,23)(H,21,24)(H,18,19,22). The Kier molecular flexibility index (Phi) is 6.41. The number of benzene rings is 1. The average molecular weight is 343 g/mol. The summed E-state index contributed by atoms with van der Waals surface area (Å²) in [6.07, 6.45) is 0. The van der Waals surface area contributed by atoms with E-state index in [9.17, 15) is 9.59 Å². The Labute approximate surface area is 146 Å². The number of nitrogens with zero attached hydrogens (tertiary/aromatic N) is 2. The summed E-state index contributed by atoms with van der Waals surface area (Å²) in [5.74, 6) is -0.113. The molecular formula is C17H21N5O3. The highest BCUT2D eigenvalue weighted by molar-refractivity contribution is 6.03. The van der Waals surface area contributed by atoms with Gasteiger partial charge in [-0.1, -0.05) is 0 Å². The zero-order chi connectivity index (χ0) is 18.2. The third-order valence-corrected chi connectivity index (χ3v) is 3.14. The molecule has 0 unspecified atom stereocenters. The Morgan fingerprint density at radius 3 is 2.32 bits per heavy atom. The van der Waals surface area contributed by atoms with Crippen LogP contribution in [0.2, 0.25) is 0 Å². The highest BCUT2D eigenvalue weighted by atomic mass is 16.5. The number of aryl methyl sites for hydroxylation is 1. The van der Waals surface area contributed by atoms with Crippen molar-refractivity contribution in [2.24, 2.45) is 0 Å². The predicted octanol–water partition coefficient (Wildman–Crippen LogP) is 2.05. The number of hydrogen-bond donors (Lipinski definition) is 3. The fourth-order valence-corrected chi connectivity index (χ4v) is 2.06. The molecule has 8 heteroatoms. The summed E-state index contributed by atoms with van der Waals surface area (Å²) < 4.78 is 4.96. The molecule has 1 aromatic heterocycles. The van der Waals surface area contributed by atoms with Gasteiger partial charge in [0, 0.05) is 37.6 Å². The first-order valence-electron chi connectivity index (χ1n) is 7.75. The molecule has 2 amide bonds. The molecule has 0 aliphatic carbocycles. The van der Waals surface area contributed by atoms with Gasteiger partial charge in [-0.2, -0.15) is 0 Å². The van der Waals surface area contributed by atoms with Crippen molar-refractivity contribution < 1.29 is 14.3 Å². The van der Waals surface area contributed by atoms with Crippen LogP contribution in [0.5, 0.6) is 0 Å². The van der Waals surface area contributed by atoms with Crippen molar-refractivity contribution >= 4 is 29.1 Å². The monoisotopic (exact) mass is 343 g/mol. The number of hydrogen-bond acceptors (Lipinski definition) is 6. The molecule has 0 fully saturated rings. The Morgan fingerprint density at radius 2 is 1.72 bits per heavy atom. The molecule has 1 heterocycles. The van der Waals surface area contributed by atoms with Gasteiger partial charge in [-0.25, -0.2) is 9.97 Å². The molecule has 0 aliphatic rings. The molecule has 0 saturated carbocycles. The van der Waals surface area contributed by atoms with E-state index in [1.165, 1.54) is 6.92 Å². The maximum Gasteiger partial charge on any atom is 0.274 e. The van der Waals surface area contributed by atoms with Crippen molar-refractivity contribution in [1.82, 2.24) is 9.97 Å². The van der Waals surface area contributed by atoms with Gasteiger partial charge in [0.15, 0.2) is 0 Å². The molecule has 3 N–H and O–H groups in total. The lowest BCUT2D eigenvalue weighted by Gasteiger charge is -2.09. The molecule has 0 radical (unpaired) electrons. The largest absolute Gasteiger partial charge is 0.383 e. The van der Waals surface area contributed by atoms with E-state index < -0.39 is 0 Å². The fraction of sp³-hybridized carbons (Fsp3) is 0.294. The number of anilines is 3. The Hall–Kier alpha value is -3.00. The quantitative estimate of drug-likeness (QED) is 0.665. The summed E-state index contributed by atoms with van der Waals surface area (Å²) in [6.45, 7) is 4.29. The van der Waals surface area contributed by atoms with Crippen LogP contribution in [-0.4, -0.2) is 42.0 Å². The molecule has 2 rings (SSSR count). The number of carbonyl (C=O) groups is 2. The van der Waals surface area contributed by atoms with E-state index in [-0.39, 0.29) is 17.5 Å². The van der Waals surface area contributed by atoms with Crippen molar-refractivity contribution in [2.45, 2.75) is 13.8 Å². The highest BCUT2D eigenvalue weighted by Gasteiger charge is 2.11. The first-order valence-corrected chi connectivity index (χ1v) is 7.75. The molecule has 0 saturated heterocycles. The van der Waals surface area contributed by atoms with Gasteiger partial charge in [0.2, 0.25) is 11.9 Å². The Morgan fingerprint density at radius 1 is 1.08 bits per heavy atom. The van der Waals surface area contributed by atoms with Crippen LogP contribution in [0.1, 0.15) is 23.1 Å². The minimum absolute atomic E-state index is 0.151. The van der Waals surface area contributed by atoms with Crippen LogP contribution in [0, 0.1) is 6.92 Å². The lowest BCUT2D eigenvalue weighted by molar-refractivity contribution is -0.114. The number of nitrogens with one attached hydrogen (secondary N) is 3. The van der Waals surface area contributed by atoms with Crippen LogP contribution >= 0.6 is 0 Å². The maximum atomic E-state index is 12.4. The zero-order valence-corrected chi connectivity index (χ0v) is 14.4. The number of aromatic nitrogens is 2. The van der Waals surface area contributed by atoms with Crippen LogP contribution in [0.4, 0.5) is 17.3 Å². The van der Waals surface area contributed by atoms with Gasteiger partial charge in [-0.3, -0.25) is 9.59 Å². The van der Waals surface area contributed by atoms with Gasteiger partial charge in [0.05, 0.1) is 6.61 Å². The van der Waals surface area contributed by atoms with Crippen molar-refractivity contribution in [3.63, 3.8) is 0 Å². The maximum absolute atomic E-state index is 12.4. The second-order valence-electron chi connectivity index (χ2n) is 5.35. The first-order chi connectivity index (χ1) is 12.0. The van der Waals surface area contributed by atoms with Crippen molar-refractivity contribution in [2.75, 3.05) is 36.2 Å². The van der Waals surface area contributed by atoms with Crippen molar-refractivity contribution in [3.8, 4) is 0 Å². The molecule has 0 atom stereocenters. The van der Waals surface area contributed by atoms with E-state index in [0.717, 1.165) is 0 Å². The molecular weight excluding hydrogens is 322 g/mol. The normalized spacial score (nSPS) is 10.2. The molecule has 8 nitrogen and oxygen atoms in total. The van der Waals surface area contributed by atoms with Gasteiger partial charge >= 0.3 is 0 Å². The van der Waals surface area contributed by atoms with E-state index in [0.29, 0.717) is 36.2 Å². The third kappa shape index (κ3) is 5.85. The molecule has 0 aliphatic heterocycles. The molecule has 0 bridgehead atoms. The summed E-state index contributed by atoms with van der Waals surface area (Å²) in [5, 5.41) is 8.44. The van der Waals surface area contributed by atoms with Gasteiger partial charge < -0.3 is 20.7 Å². The summed E-state index contributed by atoms with van der Waals surface area (Å²) in [6, 6.07) is 8.44. The molecule has 25 heavy (non-hydrogen) atoms. The molecule has 2 aromatic rings. The van der Waals surface area contributed by atoms with Crippen LogP contribution in [0.3, 0.4) is 0 Å². The van der Waals surface area contributed by atoms with Crippen molar-refractivity contribution in [1.29, 1.82) is 0 Å². The Bertz CT molecular complexity index is 746. The van der Waals surface area contributed by atoms with Gasteiger partial charge in [-0.15, -0.1) is 0 Å². The number of amides is 2. The molecule has 1 aromatic carbocycles. The van der Waals surface area contributed by atoms with E-state index in [2.05, 4.69) is 25.9 Å². The number of rotatable bonds is 7. The second-order valence-corrected chi connectivity index (χ2v) is 5.35. The lowest BCUT2D eigenvalue weighted by atomic mass is 10.2. The lowest BCUT2D eigenvalue weighted by Crippen LogP contribution is -2.17. The second kappa shape index (κ2) is 8.74. The molecule has 0 spiro atoms. The highest BCUT2D eigenvalue weighted by Crippen LogP contribution is 2.15. The fourth-order valence-electron chi connectivity index (χ4n) is 2.06. The smallest absolute Gasteiger partial charge is 0.274 e. The minimum Gasteiger partial charge on any atom is -0.383 e. The minimum atomic E-state index is -0.340. The van der Waals surface area contributed by atoms with Crippen LogP contribution in [0.25, 0.3) is 0 Å². The average Bonchev–Trinajstić information content (AvgIpc) is 2.56. The van der Waals surface area contributed by atoms with Gasteiger partial charge in [-0.05, 0) is 37.3 Å². The summed E-state index contributed by atoms with van der Waals surface area (Å²) in [7, 11) is 1.61. The van der Waals surface area contributed by atoms with E-state index >= 15 is 0 Å². The molecule has 132 valence electrons. The van der Waals surface area contributed by atoms with E-state index in [4.69, 9.17) is 4.74 Å². The van der Waals surface area contributed by atoms with Crippen LogP contribution < -0.4 is 16.0 Å². The topological polar surface area (TPSA) is 105 Å². The van der Waals surface area contributed by atoms with Gasteiger partial charge in [0.1, 0.15) is 5.69 Å². The van der Waals surface area contributed by atoms with Crippen molar-refractivity contribution in [3.05, 3.63) is 41.7 Å². The summed E-state index contributed by atoms with van der Waals surface area (Å²) >= 11 is 0. The van der Waals surface area contributed by atoms with Gasteiger partial charge in [0.25, 0.3) is 5.91 Å². The summed E-state index contributed by atoms with van der Waals surface area (Å²) in [4.78, 5) is 31.8. The Balaban J connectivity index is 2.05. The van der Waals surface area contributed by atoms with Crippen LogP contribution in [0.15, 0.2) is 30.3 Å². The third-order valence-electron chi connectivity index (χ3n) is 3.14. The number of ether oxygens (including phenoxy) is 1. The predicted molar refractivity (Wildman–Crippen MR) is 95.8 cm³/mol. The summed E-state index contributed by atoms with van der Waals surface area (Å²) in [5.41, 5.74) is 2.21. The van der Waals surface area contributed by atoms with Crippen LogP contribution in [-0.2, 0) is 9.53 Å². The SMILES string of the molecule is COCCNc1nc(C)cc(C(=O)Nc2ccc(NC(C)=O)cc2)n1. The number of carbonyl (C=O) groups excluding carboxylic acids is 2. The van der Waals surface area contributed by atoms with E-state index in [1.807, 2.05) is 0 Å². The number of methoxy groups -OCH3 is 1. The first kappa shape index (κ1) is 18.3. The zero-order valence-electron chi connectivity index (χ0n) is 14.4.